The zero-order valence-corrected chi connectivity index (χ0v) is 8.23. The number of nitrogens with two attached hydrogens (primary N) is 1. The van der Waals surface area contributed by atoms with Crippen LogP contribution in [0.5, 0.6) is 0 Å². The summed E-state index contributed by atoms with van der Waals surface area (Å²) in [5.41, 5.74) is 5.92. The molecule has 2 rings (SSSR count). The maximum absolute atomic E-state index is 10.0. The van der Waals surface area contributed by atoms with E-state index in [0.717, 1.165) is 12.8 Å². The highest BCUT2D eigenvalue weighted by Gasteiger charge is 2.29. The number of hydrogen-bond acceptors (Lipinski definition) is 3. The molecule has 1 heterocycles. The van der Waals surface area contributed by atoms with Gasteiger partial charge in [0.15, 0.2) is 0 Å². The highest BCUT2D eigenvalue weighted by atomic mass is 16.3. The Morgan fingerprint density at radius 3 is 2.71 bits per heavy atom. The fraction of sp³-hybridized carbons (Fsp3) is 0.636. The zero-order valence-electron chi connectivity index (χ0n) is 8.23. The van der Waals surface area contributed by atoms with Crippen LogP contribution in [0.3, 0.4) is 0 Å². The molecular weight excluding hydrogens is 178 g/mol. The lowest BCUT2D eigenvalue weighted by molar-refractivity contribution is 0.0771. The third-order valence-corrected chi connectivity index (χ3v) is 3.12. The van der Waals surface area contributed by atoms with Crippen LogP contribution in [0.1, 0.15) is 37.5 Å². The molecule has 3 nitrogen and oxygen atoms in total. The molecule has 1 aliphatic carbocycles. The fourth-order valence-corrected chi connectivity index (χ4v) is 2.24. The summed E-state index contributed by atoms with van der Waals surface area (Å²) in [6.07, 6.45) is 5.75. The van der Waals surface area contributed by atoms with Gasteiger partial charge in [0.05, 0.1) is 18.4 Å². The van der Waals surface area contributed by atoms with E-state index in [4.69, 9.17) is 10.2 Å². The first-order valence-electron chi connectivity index (χ1n) is 5.26. The molecule has 1 saturated carbocycles. The van der Waals surface area contributed by atoms with Crippen LogP contribution in [-0.4, -0.2) is 11.2 Å². The number of hydrogen-bond donors (Lipinski definition) is 2. The monoisotopic (exact) mass is 195 g/mol. The summed E-state index contributed by atoms with van der Waals surface area (Å²) in [4.78, 5) is 0. The third kappa shape index (κ3) is 1.83. The highest BCUT2D eigenvalue weighted by molar-refractivity contribution is 5.06. The van der Waals surface area contributed by atoms with Crippen LogP contribution < -0.4 is 5.73 Å². The van der Waals surface area contributed by atoms with E-state index in [1.807, 2.05) is 6.07 Å². The van der Waals surface area contributed by atoms with Gasteiger partial charge < -0.3 is 15.3 Å². The van der Waals surface area contributed by atoms with Gasteiger partial charge in [-0.25, -0.2) is 0 Å². The molecule has 0 aromatic carbocycles. The minimum absolute atomic E-state index is 0.357. The summed E-state index contributed by atoms with van der Waals surface area (Å²) >= 11 is 0. The second-order valence-corrected chi connectivity index (χ2v) is 4.08. The van der Waals surface area contributed by atoms with Crippen LogP contribution in [0.2, 0.25) is 0 Å². The highest BCUT2D eigenvalue weighted by Crippen LogP contribution is 2.32. The number of aliphatic hydroxyl groups excluding tert-OH is 1. The first-order chi connectivity index (χ1) is 6.79. The van der Waals surface area contributed by atoms with E-state index < -0.39 is 6.10 Å². The predicted molar refractivity (Wildman–Crippen MR) is 53.6 cm³/mol. The van der Waals surface area contributed by atoms with Crippen LogP contribution in [0, 0.1) is 5.92 Å². The second-order valence-electron chi connectivity index (χ2n) is 4.08. The van der Waals surface area contributed by atoms with Crippen LogP contribution in [0.4, 0.5) is 0 Å². The van der Waals surface area contributed by atoms with Crippen molar-refractivity contribution in [1.82, 2.24) is 0 Å². The summed E-state index contributed by atoms with van der Waals surface area (Å²) in [5, 5.41) is 10.0. The van der Waals surface area contributed by atoms with Gasteiger partial charge in [-0.2, -0.15) is 0 Å². The van der Waals surface area contributed by atoms with Crippen molar-refractivity contribution in [1.29, 1.82) is 0 Å². The average Bonchev–Trinajstić information content (AvgIpc) is 2.87. The average molecular weight is 195 g/mol. The Kier molecular flexibility index (Phi) is 2.89. The standard InChI is InChI=1S/C11H17NO2/c12-10(9-6-3-7-14-9)11(13)8-4-1-2-5-8/h3,6-8,10-11,13H,1-2,4-5,12H2/t10-,11+/m0/s1. The molecule has 1 aromatic heterocycles. The molecule has 0 amide bonds. The van der Waals surface area contributed by atoms with Crippen molar-refractivity contribution in [3.63, 3.8) is 0 Å². The van der Waals surface area contributed by atoms with Gasteiger partial charge in [0.2, 0.25) is 0 Å². The number of rotatable bonds is 3. The predicted octanol–water partition coefficient (Wildman–Crippen LogP) is 1.83. The van der Waals surface area contributed by atoms with Crippen molar-refractivity contribution in [3.8, 4) is 0 Å². The van der Waals surface area contributed by atoms with Gasteiger partial charge in [0.1, 0.15) is 5.76 Å². The van der Waals surface area contributed by atoms with E-state index in [2.05, 4.69) is 0 Å². The lowest BCUT2D eigenvalue weighted by Gasteiger charge is -2.22. The summed E-state index contributed by atoms with van der Waals surface area (Å²) in [5.74, 6) is 1.04. The Labute approximate surface area is 83.9 Å². The van der Waals surface area contributed by atoms with Gasteiger partial charge in [-0.1, -0.05) is 12.8 Å². The summed E-state index contributed by atoms with van der Waals surface area (Å²) in [7, 11) is 0. The minimum atomic E-state index is -0.455. The van der Waals surface area contributed by atoms with Gasteiger partial charge >= 0.3 is 0 Å². The summed E-state index contributed by atoms with van der Waals surface area (Å²) in [6, 6.07) is 3.26. The van der Waals surface area contributed by atoms with E-state index in [9.17, 15) is 5.11 Å². The van der Waals surface area contributed by atoms with Crippen molar-refractivity contribution in [2.24, 2.45) is 11.7 Å². The van der Waals surface area contributed by atoms with Crippen LogP contribution >= 0.6 is 0 Å². The Morgan fingerprint density at radius 2 is 2.14 bits per heavy atom. The van der Waals surface area contributed by atoms with Gasteiger partial charge in [-0.15, -0.1) is 0 Å². The van der Waals surface area contributed by atoms with Gasteiger partial charge in [-0.3, -0.25) is 0 Å². The minimum Gasteiger partial charge on any atom is -0.468 e. The van der Waals surface area contributed by atoms with E-state index in [1.54, 1.807) is 12.3 Å². The molecule has 0 bridgehead atoms. The van der Waals surface area contributed by atoms with E-state index in [-0.39, 0.29) is 6.04 Å². The van der Waals surface area contributed by atoms with Crippen molar-refractivity contribution in [2.75, 3.05) is 0 Å². The van der Waals surface area contributed by atoms with Gasteiger partial charge in [0, 0.05) is 0 Å². The van der Waals surface area contributed by atoms with E-state index in [0.29, 0.717) is 11.7 Å². The molecule has 1 aliphatic rings. The van der Waals surface area contributed by atoms with Gasteiger partial charge in [0.25, 0.3) is 0 Å². The molecule has 0 unspecified atom stereocenters. The molecule has 0 aliphatic heterocycles. The molecular formula is C11H17NO2. The lowest BCUT2D eigenvalue weighted by Crippen LogP contribution is -2.31. The van der Waals surface area contributed by atoms with Crippen molar-refractivity contribution in [3.05, 3.63) is 24.2 Å². The molecule has 1 fully saturated rings. The molecule has 14 heavy (non-hydrogen) atoms. The largest absolute Gasteiger partial charge is 0.468 e. The van der Waals surface area contributed by atoms with E-state index in [1.165, 1.54) is 12.8 Å². The topological polar surface area (TPSA) is 59.4 Å². The summed E-state index contributed by atoms with van der Waals surface area (Å²) in [6.45, 7) is 0. The van der Waals surface area contributed by atoms with Crippen molar-refractivity contribution in [2.45, 2.75) is 37.8 Å². The molecule has 0 spiro atoms. The normalized spacial score (nSPS) is 22.4. The number of aliphatic hydroxyl groups is 1. The molecule has 0 saturated heterocycles. The number of furan rings is 1. The fourth-order valence-electron chi connectivity index (χ4n) is 2.24. The molecule has 2 atom stereocenters. The molecule has 3 N–H and O–H groups in total. The molecule has 0 radical (unpaired) electrons. The SMILES string of the molecule is N[C@@H](c1ccco1)[C@H](O)C1CCCC1. The Balaban J connectivity index is 2.00. The first kappa shape index (κ1) is 9.74. The summed E-state index contributed by atoms with van der Waals surface area (Å²) < 4.78 is 5.19. The van der Waals surface area contributed by atoms with Crippen LogP contribution in [0.25, 0.3) is 0 Å². The smallest absolute Gasteiger partial charge is 0.123 e. The maximum Gasteiger partial charge on any atom is 0.123 e. The third-order valence-electron chi connectivity index (χ3n) is 3.12. The second kappa shape index (κ2) is 4.15. The molecule has 78 valence electrons. The van der Waals surface area contributed by atoms with Crippen LogP contribution in [-0.2, 0) is 0 Å². The van der Waals surface area contributed by atoms with Crippen molar-refractivity contribution < 1.29 is 9.52 Å². The molecule has 3 heteroatoms. The quantitative estimate of drug-likeness (QED) is 0.773. The maximum atomic E-state index is 10.0. The van der Waals surface area contributed by atoms with Gasteiger partial charge in [-0.05, 0) is 30.9 Å². The molecule has 1 aromatic rings. The zero-order chi connectivity index (χ0) is 9.97. The Hall–Kier alpha value is -0.800. The Morgan fingerprint density at radius 1 is 1.43 bits per heavy atom. The Bertz CT molecular complexity index is 265. The van der Waals surface area contributed by atoms with Crippen LogP contribution in [0.15, 0.2) is 22.8 Å². The van der Waals surface area contributed by atoms with E-state index >= 15 is 0 Å². The first-order valence-corrected chi connectivity index (χ1v) is 5.26. The van der Waals surface area contributed by atoms with Crippen molar-refractivity contribution >= 4 is 0 Å². The lowest BCUT2D eigenvalue weighted by atomic mass is 9.94.